The zero-order valence-corrected chi connectivity index (χ0v) is 28.1. The van der Waals surface area contributed by atoms with Gasteiger partial charge in [-0.3, -0.25) is 9.59 Å². The van der Waals surface area contributed by atoms with E-state index in [1.165, 1.54) is 0 Å². The molecule has 0 fully saturated rings. The third-order valence-electron chi connectivity index (χ3n) is 8.51. The van der Waals surface area contributed by atoms with Crippen molar-refractivity contribution in [2.24, 2.45) is 0 Å². The lowest BCUT2D eigenvalue weighted by Gasteiger charge is -2.23. The highest BCUT2D eigenvalue weighted by Crippen LogP contribution is 2.38. The summed E-state index contributed by atoms with van der Waals surface area (Å²) in [5, 5.41) is 6.61. The second-order valence-electron chi connectivity index (χ2n) is 13.1. The lowest BCUT2D eigenvalue weighted by Crippen LogP contribution is -2.19. The number of rotatable bonds is 9. The molecule has 230 valence electrons. The fourth-order valence-corrected chi connectivity index (χ4v) is 6.13. The minimum atomic E-state index is -0.180. The highest BCUT2D eigenvalue weighted by atomic mass is 16.2. The molecule has 0 aliphatic carbocycles. The summed E-state index contributed by atoms with van der Waals surface area (Å²) in [4.78, 5) is 28.4. The zero-order chi connectivity index (χ0) is 32.3. The number of amides is 2. The molecule has 0 spiro atoms. The number of hydrogen-bond acceptors (Lipinski definition) is 2. The second kappa shape index (κ2) is 13.6. The Morgan fingerprint density at radius 2 is 0.727 bits per heavy atom. The Morgan fingerprint density at radius 3 is 1.00 bits per heavy atom. The van der Waals surface area contributed by atoms with Crippen molar-refractivity contribution >= 4 is 23.2 Å². The molecular weight excluding hydrogens is 540 g/mol. The Balaban J connectivity index is 1.85. The average Bonchev–Trinajstić information content (AvgIpc) is 2.96. The van der Waals surface area contributed by atoms with E-state index in [9.17, 15) is 9.59 Å². The Hall–Kier alpha value is -4.18. The van der Waals surface area contributed by atoms with Crippen LogP contribution in [0.5, 0.6) is 0 Å². The Bertz CT molecular complexity index is 1500. The predicted octanol–water partition coefficient (Wildman–Crippen LogP) is 11.0. The summed E-state index contributed by atoms with van der Waals surface area (Å²) in [5.74, 6) is 0.629. The summed E-state index contributed by atoms with van der Waals surface area (Å²) in [5.41, 5.74) is 10.7. The van der Waals surface area contributed by atoms with Gasteiger partial charge in [0.2, 0.25) is 0 Å². The first-order valence-electron chi connectivity index (χ1n) is 15.9. The van der Waals surface area contributed by atoms with Crippen LogP contribution in [0.3, 0.4) is 0 Å². The first-order valence-corrected chi connectivity index (χ1v) is 15.9. The molecule has 4 nitrogen and oxygen atoms in total. The van der Waals surface area contributed by atoms with Gasteiger partial charge in [-0.05, 0) is 94.2 Å². The molecule has 0 unspecified atom stereocenters. The van der Waals surface area contributed by atoms with Crippen LogP contribution in [0.15, 0.2) is 72.8 Å². The predicted molar refractivity (Wildman–Crippen MR) is 186 cm³/mol. The zero-order valence-electron chi connectivity index (χ0n) is 28.1. The molecule has 0 saturated carbocycles. The smallest absolute Gasteiger partial charge is 0.256 e. The third kappa shape index (κ3) is 6.65. The van der Waals surface area contributed by atoms with Gasteiger partial charge in [0.05, 0.1) is 0 Å². The number of nitrogens with one attached hydrogen (secondary N) is 2. The van der Waals surface area contributed by atoms with Crippen molar-refractivity contribution in [1.82, 2.24) is 0 Å². The van der Waals surface area contributed by atoms with E-state index in [2.05, 4.69) is 102 Å². The fourth-order valence-electron chi connectivity index (χ4n) is 6.13. The van der Waals surface area contributed by atoms with Crippen molar-refractivity contribution in [2.45, 2.75) is 92.9 Å². The monoisotopic (exact) mass is 588 g/mol. The number of para-hydroxylation sites is 2. The molecule has 0 atom stereocenters. The third-order valence-corrected chi connectivity index (χ3v) is 8.51. The fraction of sp³-hybridized carbons (Fsp3) is 0.350. The van der Waals surface area contributed by atoms with E-state index in [0.29, 0.717) is 11.1 Å². The standard InChI is InChI=1S/C40H48N2O2/c1-23(2)29-17-13-18-30(24(3)4)37(29)41-39(43)33-21-11-15-27(9)35(33)36-28(10)16-12-22-34(36)40(44)42-38-31(25(5)6)19-14-20-32(38)26(7)8/h11-26H,1-10H3,(H,41,43)(H,42,44). The first kappa shape index (κ1) is 32.7. The van der Waals surface area contributed by atoms with Gasteiger partial charge in [-0.2, -0.15) is 0 Å². The van der Waals surface area contributed by atoms with E-state index in [-0.39, 0.29) is 35.5 Å². The molecule has 0 radical (unpaired) electrons. The SMILES string of the molecule is Cc1cccc(C(=O)Nc2c(C(C)C)cccc2C(C)C)c1-c1c(C)cccc1C(=O)Nc1c(C(C)C)cccc1C(C)C. The Kier molecular flexibility index (Phi) is 10.1. The van der Waals surface area contributed by atoms with Gasteiger partial charge in [0, 0.05) is 22.5 Å². The van der Waals surface area contributed by atoms with Gasteiger partial charge in [-0.15, -0.1) is 0 Å². The van der Waals surface area contributed by atoms with Crippen LogP contribution in [0.4, 0.5) is 11.4 Å². The molecule has 4 rings (SSSR count). The highest BCUT2D eigenvalue weighted by molar-refractivity contribution is 6.14. The van der Waals surface area contributed by atoms with Gasteiger partial charge in [-0.25, -0.2) is 0 Å². The van der Waals surface area contributed by atoms with E-state index in [1.54, 1.807) is 0 Å². The maximum atomic E-state index is 14.2. The van der Waals surface area contributed by atoms with Crippen molar-refractivity contribution in [3.05, 3.63) is 117 Å². The van der Waals surface area contributed by atoms with Crippen LogP contribution < -0.4 is 10.6 Å². The molecule has 4 aromatic rings. The van der Waals surface area contributed by atoms with Gasteiger partial charge in [-0.1, -0.05) is 116 Å². The van der Waals surface area contributed by atoms with Gasteiger partial charge < -0.3 is 10.6 Å². The molecule has 4 heteroatoms. The quantitative estimate of drug-likeness (QED) is 0.204. The molecule has 0 aliphatic rings. The molecular formula is C40H48N2O2. The van der Waals surface area contributed by atoms with Gasteiger partial charge in [0.25, 0.3) is 11.8 Å². The molecule has 4 aromatic carbocycles. The first-order chi connectivity index (χ1) is 20.8. The van der Waals surface area contributed by atoms with Crippen LogP contribution in [-0.2, 0) is 0 Å². The van der Waals surface area contributed by atoms with Gasteiger partial charge in [0.1, 0.15) is 0 Å². The van der Waals surface area contributed by atoms with E-state index in [4.69, 9.17) is 0 Å². The maximum Gasteiger partial charge on any atom is 0.256 e. The molecule has 0 heterocycles. The van der Waals surface area contributed by atoms with Crippen LogP contribution in [0.1, 0.15) is 133 Å². The van der Waals surface area contributed by atoms with E-state index >= 15 is 0 Å². The minimum Gasteiger partial charge on any atom is -0.321 e. The largest absolute Gasteiger partial charge is 0.321 e. The number of benzene rings is 4. The summed E-state index contributed by atoms with van der Waals surface area (Å²) >= 11 is 0. The number of carbonyl (C=O) groups excluding carboxylic acids is 2. The molecule has 0 aliphatic heterocycles. The average molecular weight is 589 g/mol. The van der Waals surface area contributed by atoms with Crippen molar-refractivity contribution < 1.29 is 9.59 Å². The molecule has 2 N–H and O–H groups in total. The minimum absolute atomic E-state index is 0.180. The van der Waals surface area contributed by atoms with Crippen LogP contribution in [0.25, 0.3) is 11.1 Å². The topological polar surface area (TPSA) is 58.2 Å². The summed E-state index contributed by atoms with van der Waals surface area (Å²) < 4.78 is 0. The molecule has 0 aromatic heterocycles. The van der Waals surface area contributed by atoms with E-state index in [1.807, 2.05) is 50.2 Å². The molecule has 44 heavy (non-hydrogen) atoms. The summed E-state index contributed by atoms with van der Waals surface area (Å²) in [6.45, 7) is 21.2. The lowest BCUT2D eigenvalue weighted by molar-refractivity contribution is 0.101. The second-order valence-corrected chi connectivity index (χ2v) is 13.1. The molecule has 0 bridgehead atoms. The molecule has 2 amide bonds. The van der Waals surface area contributed by atoms with Crippen LogP contribution in [0.2, 0.25) is 0 Å². The number of carbonyl (C=O) groups is 2. The highest BCUT2D eigenvalue weighted by Gasteiger charge is 2.25. The van der Waals surface area contributed by atoms with Gasteiger partial charge >= 0.3 is 0 Å². The van der Waals surface area contributed by atoms with Crippen molar-refractivity contribution in [3.63, 3.8) is 0 Å². The van der Waals surface area contributed by atoms with Crippen LogP contribution in [-0.4, -0.2) is 11.8 Å². The lowest BCUT2D eigenvalue weighted by atomic mass is 9.87. The number of anilines is 2. The maximum absolute atomic E-state index is 14.2. The number of hydrogen-bond donors (Lipinski definition) is 2. The summed E-state index contributed by atoms with van der Waals surface area (Å²) in [6, 6.07) is 24.1. The van der Waals surface area contributed by atoms with Crippen LogP contribution in [0, 0.1) is 13.8 Å². The van der Waals surface area contributed by atoms with E-state index in [0.717, 1.165) is 55.9 Å². The van der Waals surface area contributed by atoms with Crippen molar-refractivity contribution in [3.8, 4) is 11.1 Å². The number of aryl methyl sites for hydroxylation is 2. The Labute approximate surface area is 264 Å². The Morgan fingerprint density at radius 1 is 0.455 bits per heavy atom. The van der Waals surface area contributed by atoms with Gasteiger partial charge in [0.15, 0.2) is 0 Å². The van der Waals surface area contributed by atoms with Crippen LogP contribution >= 0.6 is 0 Å². The van der Waals surface area contributed by atoms with Crippen molar-refractivity contribution in [2.75, 3.05) is 10.6 Å². The normalized spacial score (nSPS) is 11.5. The summed E-state index contributed by atoms with van der Waals surface area (Å²) in [7, 11) is 0. The van der Waals surface area contributed by atoms with E-state index < -0.39 is 0 Å². The molecule has 0 saturated heterocycles. The summed E-state index contributed by atoms with van der Waals surface area (Å²) in [6.07, 6.45) is 0. The van der Waals surface area contributed by atoms with Crippen molar-refractivity contribution in [1.29, 1.82) is 0 Å².